The summed E-state index contributed by atoms with van der Waals surface area (Å²) in [6.07, 6.45) is 7.43. The number of methoxy groups -OCH3 is 1. The fourth-order valence-electron chi connectivity index (χ4n) is 2.26. The van der Waals surface area contributed by atoms with Gasteiger partial charge in [-0.25, -0.2) is 0 Å². The predicted molar refractivity (Wildman–Crippen MR) is 92.8 cm³/mol. The predicted octanol–water partition coefficient (Wildman–Crippen LogP) is 3.15. The Hall–Kier alpha value is -2.96. The van der Waals surface area contributed by atoms with Crippen LogP contribution in [0.1, 0.15) is 19.8 Å². The van der Waals surface area contributed by atoms with Gasteiger partial charge < -0.3 is 10.1 Å². The Labute approximate surface area is 140 Å². The number of nitrogens with zero attached hydrogens (tertiary/aromatic N) is 4. The van der Waals surface area contributed by atoms with E-state index in [1.54, 1.807) is 25.7 Å². The van der Waals surface area contributed by atoms with Crippen LogP contribution >= 0.6 is 0 Å². The largest absolute Gasteiger partial charge is 0.495 e. The van der Waals surface area contributed by atoms with Crippen molar-refractivity contribution >= 4 is 5.95 Å². The van der Waals surface area contributed by atoms with Crippen molar-refractivity contribution in [3.63, 3.8) is 0 Å². The molecule has 0 saturated heterocycles. The van der Waals surface area contributed by atoms with Crippen molar-refractivity contribution in [3.8, 4) is 28.4 Å². The molecule has 7 heteroatoms. The summed E-state index contributed by atoms with van der Waals surface area (Å²) in [4.78, 5) is 13.0. The molecule has 0 fully saturated rings. The first-order valence-corrected chi connectivity index (χ1v) is 7.92. The molecule has 0 aliphatic rings. The molecule has 0 radical (unpaired) electrons. The maximum atomic E-state index is 5.23. The zero-order valence-electron chi connectivity index (χ0n) is 13.8. The first kappa shape index (κ1) is 15.9. The van der Waals surface area contributed by atoms with E-state index < -0.39 is 0 Å². The van der Waals surface area contributed by atoms with Gasteiger partial charge >= 0.3 is 0 Å². The van der Waals surface area contributed by atoms with Crippen LogP contribution in [0.4, 0.5) is 5.95 Å². The van der Waals surface area contributed by atoms with E-state index in [-0.39, 0.29) is 0 Å². The van der Waals surface area contributed by atoms with E-state index >= 15 is 0 Å². The lowest BCUT2D eigenvalue weighted by Crippen LogP contribution is -2.02. The molecule has 7 nitrogen and oxygen atoms in total. The molecule has 2 N–H and O–H groups in total. The van der Waals surface area contributed by atoms with E-state index in [2.05, 4.69) is 37.4 Å². The summed E-state index contributed by atoms with van der Waals surface area (Å²) in [5, 5.41) is 10.3. The van der Waals surface area contributed by atoms with Gasteiger partial charge in [-0.3, -0.25) is 15.1 Å². The second-order valence-electron chi connectivity index (χ2n) is 5.33. The lowest BCUT2D eigenvalue weighted by Gasteiger charge is -2.05. The minimum atomic E-state index is 0.591. The lowest BCUT2D eigenvalue weighted by atomic mass is 10.1. The van der Waals surface area contributed by atoms with E-state index in [1.807, 2.05) is 18.2 Å². The maximum Gasteiger partial charge on any atom is 0.242 e. The first-order valence-electron chi connectivity index (χ1n) is 7.92. The normalized spacial score (nSPS) is 10.6. The van der Waals surface area contributed by atoms with E-state index in [0.29, 0.717) is 17.5 Å². The Morgan fingerprint density at radius 2 is 2.12 bits per heavy atom. The Morgan fingerprint density at radius 1 is 1.21 bits per heavy atom. The topological polar surface area (TPSA) is 88.6 Å². The van der Waals surface area contributed by atoms with Crippen molar-refractivity contribution in [2.24, 2.45) is 0 Å². The van der Waals surface area contributed by atoms with Crippen LogP contribution in [-0.4, -0.2) is 38.8 Å². The zero-order valence-corrected chi connectivity index (χ0v) is 13.8. The molecule has 0 amide bonds. The molecule has 124 valence electrons. The number of nitrogens with one attached hydrogen (secondary N) is 2. The van der Waals surface area contributed by atoms with Gasteiger partial charge in [-0.05, 0) is 30.2 Å². The number of hydrogen-bond donors (Lipinski definition) is 2. The van der Waals surface area contributed by atoms with Crippen LogP contribution in [-0.2, 0) is 0 Å². The van der Waals surface area contributed by atoms with Crippen molar-refractivity contribution in [1.29, 1.82) is 0 Å². The van der Waals surface area contributed by atoms with E-state index in [9.17, 15) is 0 Å². The van der Waals surface area contributed by atoms with Crippen LogP contribution in [0.25, 0.3) is 22.6 Å². The van der Waals surface area contributed by atoms with Gasteiger partial charge in [0, 0.05) is 24.5 Å². The highest BCUT2D eigenvalue weighted by Gasteiger charge is 2.09. The standard InChI is InChI=1S/C17H20N6O/c1-3-4-6-20-17-21-16(22-23-17)15-9-12(5-7-19-15)13-8-14(24-2)11-18-10-13/h5,7-11H,3-4,6H2,1-2H3,(H2,20,21,22,23). The molecule has 0 spiro atoms. The fourth-order valence-corrected chi connectivity index (χ4v) is 2.26. The summed E-state index contributed by atoms with van der Waals surface area (Å²) in [5.41, 5.74) is 2.67. The molecule has 0 aliphatic carbocycles. The number of aromatic amines is 1. The second kappa shape index (κ2) is 7.54. The van der Waals surface area contributed by atoms with Gasteiger partial charge in [0.2, 0.25) is 5.95 Å². The van der Waals surface area contributed by atoms with Crippen LogP contribution in [0.2, 0.25) is 0 Å². The quantitative estimate of drug-likeness (QED) is 0.649. The van der Waals surface area contributed by atoms with Crippen LogP contribution in [0.15, 0.2) is 36.8 Å². The van der Waals surface area contributed by atoms with Crippen molar-refractivity contribution in [2.45, 2.75) is 19.8 Å². The summed E-state index contributed by atoms with van der Waals surface area (Å²) < 4.78 is 5.23. The molecule has 0 bridgehead atoms. The van der Waals surface area contributed by atoms with Gasteiger partial charge in [-0.15, -0.1) is 5.10 Å². The van der Waals surface area contributed by atoms with Crippen LogP contribution in [0, 0.1) is 0 Å². The molecule has 0 aromatic carbocycles. The highest BCUT2D eigenvalue weighted by Crippen LogP contribution is 2.25. The van der Waals surface area contributed by atoms with Crippen molar-refractivity contribution < 1.29 is 4.74 Å². The summed E-state index contributed by atoms with van der Waals surface area (Å²) in [5.74, 6) is 1.94. The molecule has 3 aromatic rings. The zero-order chi connectivity index (χ0) is 16.8. The minimum absolute atomic E-state index is 0.591. The number of pyridine rings is 2. The van der Waals surface area contributed by atoms with Gasteiger partial charge in [-0.1, -0.05) is 13.3 Å². The molecule has 0 unspecified atom stereocenters. The third-order valence-electron chi connectivity index (χ3n) is 3.58. The number of H-pyrrole nitrogens is 1. The first-order chi connectivity index (χ1) is 11.8. The van der Waals surface area contributed by atoms with Gasteiger partial charge in [-0.2, -0.15) is 4.98 Å². The number of anilines is 1. The van der Waals surface area contributed by atoms with Crippen LogP contribution < -0.4 is 10.1 Å². The van der Waals surface area contributed by atoms with E-state index in [0.717, 1.165) is 36.2 Å². The number of hydrogen-bond acceptors (Lipinski definition) is 6. The molecular formula is C17H20N6O. The molecule has 3 heterocycles. The van der Waals surface area contributed by atoms with E-state index in [1.165, 1.54) is 0 Å². The van der Waals surface area contributed by atoms with Crippen molar-refractivity contribution in [2.75, 3.05) is 19.0 Å². The Bertz CT molecular complexity index is 801. The Morgan fingerprint density at radius 3 is 2.96 bits per heavy atom. The number of aromatic nitrogens is 5. The second-order valence-corrected chi connectivity index (χ2v) is 5.33. The van der Waals surface area contributed by atoms with Crippen LogP contribution in [0.5, 0.6) is 5.75 Å². The highest BCUT2D eigenvalue weighted by molar-refractivity contribution is 5.68. The smallest absolute Gasteiger partial charge is 0.242 e. The Balaban J connectivity index is 1.82. The molecule has 3 aromatic heterocycles. The molecular weight excluding hydrogens is 304 g/mol. The van der Waals surface area contributed by atoms with Crippen LogP contribution in [0.3, 0.4) is 0 Å². The summed E-state index contributed by atoms with van der Waals surface area (Å²) in [7, 11) is 1.63. The van der Waals surface area contributed by atoms with Gasteiger partial charge in [0.25, 0.3) is 0 Å². The monoisotopic (exact) mass is 324 g/mol. The number of rotatable bonds is 7. The van der Waals surface area contributed by atoms with Gasteiger partial charge in [0.1, 0.15) is 11.4 Å². The number of unbranched alkanes of at least 4 members (excludes halogenated alkanes) is 1. The minimum Gasteiger partial charge on any atom is -0.495 e. The third-order valence-corrected chi connectivity index (χ3v) is 3.58. The molecule has 24 heavy (non-hydrogen) atoms. The SMILES string of the molecule is CCCCNc1n[nH]c(-c2cc(-c3cncc(OC)c3)ccn2)n1. The fraction of sp³-hybridized carbons (Fsp3) is 0.294. The lowest BCUT2D eigenvalue weighted by molar-refractivity contribution is 0.413. The van der Waals surface area contributed by atoms with Crippen molar-refractivity contribution in [3.05, 3.63) is 36.8 Å². The third kappa shape index (κ3) is 3.68. The summed E-state index contributed by atoms with van der Waals surface area (Å²) >= 11 is 0. The number of ether oxygens (including phenoxy) is 1. The molecule has 3 rings (SSSR count). The Kier molecular flexibility index (Phi) is 5.00. The summed E-state index contributed by atoms with van der Waals surface area (Å²) in [6, 6.07) is 5.81. The molecule has 0 aliphatic heterocycles. The summed E-state index contributed by atoms with van der Waals surface area (Å²) in [6.45, 7) is 3.00. The molecule has 0 saturated carbocycles. The maximum absolute atomic E-state index is 5.23. The highest BCUT2D eigenvalue weighted by atomic mass is 16.5. The molecule has 0 atom stereocenters. The van der Waals surface area contributed by atoms with Crippen molar-refractivity contribution in [1.82, 2.24) is 25.1 Å². The average Bonchev–Trinajstić information content (AvgIpc) is 3.11. The average molecular weight is 324 g/mol. The van der Waals surface area contributed by atoms with Gasteiger partial charge in [0.05, 0.1) is 13.3 Å². The van der Waals surface area contributed by atoms with Gasteiger partial charge in [0.15, 0.2) is 5.82 Å². The van der Waals surface area contributed by atoms with E-state index in [4.69, 9.17) is 4.74 Å².